The number of aryl methyl sites for hydroxylation is 1. The predicted molar refractivity (Wildman–Crippen MR) is 165 cm³/mol. The lowest BCUT2D eigenvalue weighted by Gasteiger charge is -2.32. The molecule has 11 nitrogen and oxygen atoms in total. The highest BCUT2D eigenvalue weighted by molar-refractivity contribution is 7.09. The van der Waals surface area contributed by atoms with E-state index in [0.29, 0.717) is 27.9 Å². The third kappa shape index (κ3) is 6.50. The number of hydrogen-bond acceptors (Lipinski definition) is 9. The summed E-state index contributed by atoms with van der Waals surface area (Å²) in [6, 6.07) is 16.1. The third-order valence-electron chi connectivity index (χ3n) is 6.63. The molecule has 3 amide bonds. The minimum absolute atomic E-state index is 0.0844. The molecule has 3 aromatic carbocycles. The number of carbonyl (C=O) groups excluding carboxylic acids is 3. The fraction of sp³-hybridized carbons (Fsp3) is 0.200. The van der Waals surface area contributed by atoms with Gasteiger partial charge in [0, 0.05) is 17.3 Å². The van der Waals surface area contributed by atoms with Crippen LogP contribution in [0, 0.1) is 6.92 Å². The molecule has 0 aliphatic carbocycles. The van der Waals surface area contributed by atoms with Gasteiger partial charge in [-0.3, -0.25) is 19.3 Å². The van der Waals surface area contributed by atoms with Gasteiger partial charge in [0.1, 0.15) is 10.9 Å². The maximum Gasteiger partial charge on any atom is 0.273 e. The largest absolute Gasteiger partial charge is 0.493 e. The zero-order chi connectivity index (χ0) is 31.3. The van der Waals surface area contributed by atoms with Crippen molar-refractivity contribution < 1.29 is 28.6 Å². The van der Waals surface area contributed by atoms with Crippen LogP contribution in [0.5, 0.6) is 17.2 Å². The predicted octanol–water partition coefficient (Wildman–Crippen LogP) is 4.52. The quantitative estimate of drug-likeness (QED) is 0.220. The van der Waals surface area contributed by atoms with Crippen LogP contribution in [-0.4, -0.2) is 43.4 Å². The Hall–Kier alpha value is -4.81. The van der Waals surface area contributed by atoms with Gasteiger partial charge in [-0.25, -0.2) is 0 Å². The first-order valence-corrected chi connectivity index (χ1v) is 14.0. The van der Waals surface area contributed by atoms with Gasteiger partial charge in [-0.2, -0.15) is 4.37 Å². The van der Waals surface area contributed by atoms with Crippen LogP contribution < -0.4 is 35.9 Å². The topological polar surface area (TPSA) is 159 Å². The van der Waals surface area contributed by atoms with Crippen molar-refractivity contribution in [2.45, 2.75) is 19.5 Å². The van der Waals surface area contributed by atoms with Crippen molar-refractivity contribution in [1.29, 1.82) is 0 Å². The number of ether oxygens (including phenoxy) is 3. The Balaban J connectivity index is 1.95. The van der Waals surface area contributed by atoms with E-state index in [1.54, 1.807) is 30.3 Å². The van der Waals surface area contributed by atoms with Crippen molar-refractivity contribution in [3.8, 4) is 17.2 Å². The minimum atomic E-state index is -1.32. The molecule has 43 heavy (non-hydrogen) atoms. The molecule has 0 saturated heterocycles. The summed E-state index contributed by atoms with van der Waals surface area (Å²) in [5, 5.41) is 3.29. The Morgan fingerprint density at radius 1 is 1.00 bits per heavy atom. The molecule has 224 valence electrons. The van der Waals surface area contributed by atoms with Crippen molar-refractivity contribution in [2.24, 2.45) is 5.73 Å². The second-order valence-electron chi connectivity index (χ2n) is 9.31. The van der Waals surface area contributed by atoms with Crippen LogP contribution in [-0.2, 0) is 11.3 Å². The number of hydrogen-bond donors (Lipinski definition) is 3. The molecule has 0 radical (unpaired) electrons. The Bertz CT molecular complexity index is 1640. The molecule has 0 unspecified atom stereocenters. The molecule has 0 saturated carbocycles. The van der Waals surface area contributed by atoms with E-state index in [-0.39, 0.29) is 40.0 Å². The monoisotopic (exact) mass is 623 g/mol. The zero-order valence-corrected chi connectivity index (χ0v) is 25.4. The molecule has 1 atom stereocenters. The number of carbonyl (C=O) groups is 3. The summed E-state index contributed by atoms with van der Waals surface area (Å²) >= 11 is 7.20. The van der Waals surface area contributed by atoms with Gasteiger partial charge in [0.05, 0.1) is 27.0 Å². The number of amides is 3. The first kappa shape index (κ1) is 31.1. The van der Waals surface area contributed by atoms with Crippen LogP contribution in [0.4, 0.5) is 11.4 Å². The van der Waals surface area contributed by atoms with Crippen LogP contribution >= 0.6 is 23.1 Å². The summed E-state index contributed by atoms with van der Waals surface area (Å²) < 4.78 is 20.6. The van der Waals surface area contributed by atoms with Gasteiger partial charge >= 0.3 is 0 Å². The molecule has 5 N–H and O–H groups in total. The Morgan fingerprint density at radius 3 is 2.19 bits per heavy atom. The number of primary amides is 1. The first-order valence-electron chi connectivity index (χ1n) is 12.9. The lowest BCUT2D eigenvalue weighted by atomic mass is 10.0. The number of halogens is 1. The molecule has 1 aromatic heterocycles. The Kier molecular flexibility index (Phi) is 9.73. The molecule has 0 aliphatic heterocycles. The van der Waals surface area contributed by atoms with Crippen LogP contribution in [0.3, 0.4) is 0 Å². The number of anilines is 2. The Morgan fingerprint density at radius 2 is 1.65 bits per heavy atom. The van der Waals surface area contributed by atoms with Gasteiger partial charge in [-0.1, -0.05) is 48.0 Å². The van der Waals surface area contributed by atoms with E-state index in [1.165, 1.54) is 26.2 Å². The lowest BCUT2D eigenvalue weighted by Crippen LogP contribution is -2.44. The molecule has 4 rings (SSSR count). The van der Waals surface area contributed by atoms with Crippen LogP contribution in [0.1, 0.15) is 42.9 Å². The molecule has 0 fully saturated rings. The van der Waals surface area contributed by atoms with E-state index < -0.39 is 23.8 Å². The van der Waals surface area contributed by atoms with E-state index in [2.05, 4.69) is 9.69 Å². The fourth-order valence-electron chi connectivity index (χ4n) is 4.41. The number of nitrogens with two attached hydrogens (primary N) is 2. The maximum absolute atomic E-state index is 14.4. The van der Waals surface area contributed by atoms with E-state index in [0.717, 1.165) is 11.1 Å². The van der Waals surface area contributed by atoms with Crippen molar-refractivity contribution in [2.75, 3.05) is 32.0 Å². The molecule has 0 spiro atoms. The second-order valence-corrected chi connectivity index (χ2v) is 10.5. The SMILES string of the molecule is COc1cc([C@@H](C(=O)NCc2ccccc2)N(C(=O)c2snc(C(N)=O)c2N)c2ccc(C)c(Cl)c2)cc(OC)c1OC. The fourth-order valence-corrected chi connectivity index (χ4v) is 5.33. The summed E-state index contributed by atoms with van der Waals surface area (Å²) in [7, 11) is 4.34. The standard InChI is InChI=1S/C30H30ClN5O6S/c1-16-10-11-19(14-20(16)31)36(30(39)27-23(32)24(28(33)37)35-43-27)25(29(38)34-15-17-8-6-5-7-9-17)18-12-21(40-2)26(42-4)22(13-18)41-3/h5-14,25H,15,32H2,1-4H3,(H2,33,37)(H,34,38)/t25-/m0/s1. The van der Waals surface area contributed by atoms with Gasteiger partial charge in [-0.15, -0.1) is 0 Å². The molecular weight excluding hydrogens is 594 g/mol. The number of rotatable bonds is 11. The highest BCUT2D eigenvalue weighted by Crippen LogP contribution is 2.42. The first-order chi connectivity index (χ1) is 20.6. The van der Waals surface area contributed by atoms with Crippen LogP contribution in [0.25, 0.3) is 0 Å². The van der Waals surface area contributed by atoms with Gasteiger partial charge in [-0.05, 0) is 59.4 Å². The highest BCUT2D eigenvalue weighted by atomic mass is 35.5. The molecule has 0 bridgehead atoms. The minimum Gasteiger partial charge on any atom is -0.493 e. The normalized spacial score (nSPS) is 11.4. The van der Waals surface area contributed by atoms with Crippen molar-refractivity contribution in [3.63, 3.8) is 0 Å². The molecule has 13 heteroatoms. The maximum atomic E-state index is 14.4. The van der Waals surface area contributed by atoms with Crippen molar-refractivity contribution in [1.82, 2.24) is 9.69 Å². The Labute approximate surface area is 257 Å². The van der Waals surface area contributed by atoms with Gasteiger partial charge in [0.15, 0.2) is 17.2 Å². The second kappa shape index (κ2) is 13.4. The molecule has 0 aliphatic rings. The summed E-state index contributed by atoms with van der Waals surface area (Å²) in [5.41, 5.74) is 13.3. The smallest absolute Gasteiger partial charge is 0.273 e. The van der Waals surface area contributed by atoms with Crippen molar-refractivity contribution in [3.05, 3.63) is 92.9 Å². The summed E-state index contributed by atoms with van der Waals surface area (Å²) in [6.45, 7) is 1.98. The summed E-state index contributed by atoms with van der Waals surface area (Å²) in [5.74, 6) is -1.32. The van der Waals surface area contributed by atoms with E-state index in [9.17, 15) is 14.4 Å². The van der Waals surface area contributed by atoms with Crippen LogP contribution in [0.2, 0.25) is 5.02 Å². The molecule has 4 aromatic rings. The summed E-state index contributed by atoms with van der Waals surface area (Å²) in [6.07, 6.45) is 0. The number of benzene rings is 3. The van der Waals surface area contributed by atoms with Gasteiger partial charge in [0.25, 0.3) is 11.8 Å². The number of methoxy groups -OCH3 is 3. The molecule has 1 heterocycles. The van der Waals surface area contributed by atoms with E-state index in [1.807, 2.05) is 37.3 Å². The third-order valence-corrected chi connectivity index (χ3v) is 7.89. The number of aromatic nitrogens is 1. The number of nitrogens with zero attached hydrogens (tertiary/aromatic N) is 2. The highest BCUT2D eigenvalue weighted by Gasteiger charge is 2.37. The molecular formula is C30H30ClN5O6S. The van der Waals surface area contributed by atoms with Crippen molar-refractivity contribution >= 4 is 52.2 Å². The van der Waals surface area contributed by atoms with Gasteiger partial charge < -0.3 is 31.0 Å². The lowest BCUT2D eigenvalue weighted by molar-refractivity contribution is -0.122. The zero-order valence-electron chi connectivity index (χ0n) is 23.8. The average molecular weight is 624 g/mol. The summed E-state index contributed by atoms with van der Waals surface area (Å²) in [4.78, 5) is 41.6. The van der Waals surface area contributed by atoms with Gasteiger partial charge in [0.2, 0.25) is 11.7 Å². The number of nitrogen functional groups attached to an aromatic ring is 1. The number of nitrogens with one attached hydrogen (secondary N) is 1. The van der Waals surface area contributed by atoms with E-state index in [4.69, 9.17) is 37.3 Å². The van der Waals surface area contributed by atoms with E-state index >= 15 is 0 Å². The van der Waals surface area contributed by atoms with Crippen LogP contribution in [0.15, 0.2) is 60.7 Å². The average Bonchev–Trinajstić information content (AvgIpc) is 3.40.